The second-order valence-electron chi connectivity index (χ2n) is 13.5. The molecule has 1 heterocycles. The summed E-state index contributed by atoms with van der Waals surface area (Å²) in [6.45, 7) is 0. The zero-order chi connectivity index (χ0) is 47.4. The maximum atomic E-state index is 9.21. The first kappa shape index (κ1) is 22.4. The third-order valence-electron chi connectivity index (χ3n) is 10.5. The number of rotatable bonds is 6. The van der Waals surface area contributed by atoms with Crippen LogP contribution in [0, 0.1) is 0 Å². The normalized spacial score (nSPS) is 14.6. The Kier molecular flexibility index (Phi) is 5.35. The third-order valence-corrected chi connectivity index (χ3v) is 11.7. The Bertz CT molecular complexity index is 3920. The van der Waals surface area contributed by atoms with Crippen LogP contribution in [0.25, 0.3) is 85.9 Å². The molecule has 0 amide bonds. The van der Waals surface area contributed by atoms with Gasteiger partial charge in [0.05, 0.1) is 32.5 Å². The van der Waals surface area contributed by atoms with Gasteiger partial charge in [0.2, 0.25) is 0 Å². The number of nitrogens with zero attached hydrogens (tertiary/aromatic N) is 1. The Balaban J connectivity index is 1.15. The van der Waals surface area contributed by atoms with Gasteiger partial charge in [-0.15, -0.1) is 11.3 Å². The van der Waals surface area contributed by atoms with Crippen molar-refractivity contribution < 1.29 is 16.4 Å². The fourth-order valence-corrected chi connectivity index (χ4v) is 9.20. The van der Waals surface area contributed by atoms with Crippen LogP contribution in [0.15, 0.2) is 212 Å². The van der Waals surface area contributed by atoms with Gasteiger partial charge in [-0.2, -0.15) is 0 Å². The van der Waals surface area contributed by atoms with Crippen LogP contribution in [0.2, 0.25) is 0 Å². The van der Waals surface area contributed by atoms with E-state index in [4.69, 9.17) is 15.1 Å². The Labute approximate surface area is 346 Å². The average molecular weight is 742 g/mol. The van der Waals surface area contributed by atoms with Gasteiger partial charge in [0, 0.05) is 26.5 Å². The Morgan fingerprint density at radius 1 is 0.375 bits per heavy atom. The molecule has 0 saturated carbocycles. The monoisotopic (exact) mass is 741 g/mol. The van der Waals surface area contributed by atoms with E-state index in [1.54, 1.807) is 17.4 Å². The van der Waals surface area contributed by atoms with Gasteiger partial charge in [0.15, 0.2) is 0 Å². The molecular weight excluding hydrogens is 695 g/mol. The summed E-state index contributed by atoms with van der Waals surface area (Å²) in [5.74, 6) is 0. The average Bonchev–Trinajstić information content (AvgIpc) is 3.75. The van der Waals surface area contributed by atoms with Gasteiger partial charge in [0.25, 0.3) is 0 Å². The third kappa shape index (κ3) is 5.30. The van der Waals surface area contributed by atoms with Crippen LogP contribution in [0.3, 0.4) is 0 Å². The van der Waals surface area contributed by atoms with Crippen molar-refractivity contribution in [3.05, 3.63) is 212 Å². The molecule has 0 unspecified atom stereocenters. The van der Waals surface area contributed by atoms with Crippen molar-refractivity contribution in [2.45, 2.75) is 0 Å². The summed E-state index contributed by atoms with van der Waals surface area (Å²) in [4.78, 5) is 2.18. The standard InChI is InChI=1S/C54H35NS/c1-2-14-37(15-3-1)42-24-11-18-39-19-12-25-43(53(39)42)38-30-32-40(33-31-38)55(51-28-13-27-49-48-23-8-9-29-52(48)56-54(49)51)50-35-34-46(45-21-6-7-22-47(45)50)44-26-10-17-36-16-4-5-20-41(36)44/h1-35H/i1D,2D,3D,4D,5D,10D,14D,15D,16D,17D,20D,26D. The number of anilines is 3. The van der Waals surface area contributed by atoms with E-state index in [9.17, 15) is 1.37 Å². The van der Waals surface area contributed by atoms with Gasteiger partial charge in [-0.25, -0.2) is 0 Å². The summed E-state index contributed by atoms with van der Waals surface area (Å²) in [6.07, 6.45) is 0. The van der Waals surface area contributed by atoms with Crippen LogP contribution in [0.5, 0.6) is 0 Å². The van der Waals surface area contributed by atoms with Crippen molar-refractivity contribution in [3.63, 3.8) is 0 Å². The first-order chi connectivity index (χ1) is 32.8. The van der Waals surface area contributed by atoms with Crippen LogP contribution < -0.4 is 4.90 Å². The summed E-state index contributed by atoms with van der Waals surface area (Å²) in [5.41, 5.74) is 5.41. The first-order valence-corrected chi connectivity index (χ1v) is 19.0. The van der Waals surface area contributed by atoms with Crippen molar-refractivity contribution in [2.75, 3.05) is 4.90 Å². The summed E-state index contributed by atoms with van der Waals surface area (Å²) in [7, 11) is 0. The molecule has 0 radical (unpaired) electrons. The molecule has 1 nitrogen and oxygen atoms in total. The Hall–Kier alpha value is -7.00. The van der Waals surface area contributed by atoms with E-state index in [1.165, 1.54) is 0 Å². The molecule has 11 aromatic rings. The van der Waals surface area contributed by atoms with E-state index in [0.717, 1.165) is 64.5 Å². The van der Waals surface area contributed by atoms with Gasteiger partial charge in [0.1, 0.15) is 0 Å². The first-order valence-electron chi connectivity index (χ1n) is 24.2. The maximum absolute atomic E-state index is 9.21. The van der Waals surface area contributed by atoms with E-state index in [2.05, 4.69) is 29.2 Å². The summed E-state index contributed by atoms with van der Waals surface area (Å²) in [5, 5.41) is 5.14. The van der Waals surface area contributed by atoms with Crippen LogP contribution in [-0.4, -0.2) is 0 Å². The minimum absolute atomic E-state index is 0.0190. The summed E-state index contributed by atoms with van der Waals surface area (Å²) < 4.78 is 106. The van der Waals surface area contributed by atoms with E-state index in [0.29, 0.717) is 16.5 Å². The lowest BCUT2D eigenvalue weighted by molar-refractivity contribution is 1.32. The highest BCUT2D eigenvalue weighted by Crippen LogP contribution is 2.48. The molecular formula is C54H35NS. The van der Waals surface area contributed by atoms with Crippen molar-refractivity contribution in [1.82, 2.24) is 0 Å². The highest BCUT2D eigenvalue weighted by atomic mass is 32.1. The zero-order valence-corrected chi connectivity index (χ0v) is 30.5. The molecule has 0 aliphatic rings. The molecule has 0 aliphatic heterocycles. The largest absolute Gasteiger partial charge is 0.308 e. The molecule has 2 heteroatoms. The number of fused-ring (bicyclic) bond motifs is 6. The van der Waals surface area contributed by atoms with E-state index < -0.39 is 48.3 Å². The molecule has 0 aliphatic carbocycles. The maximum Gasteiger partial charge on any atom is 0.0640 e. The molecule has 0 bridgehead atoms. The molecule has 0 spiro atoms. The van der Waals surface area contributed by atoms with Crippen molar-refractivity contribution in [2.24, 2.45) is 0 Å². The lowest BCUT2D eigenvalue weighted by Gasteiger charge is -2.28. The van der Waals surface area contributed by atoms with Gasteiger partial charge in [-0.3, -0.25) is 0 Å². The van der Waals surface area contributed by atoms with Crippen LogP contribution in [-0.2, 0) is 0 Å². The SMILES string of the molecule is [2H]c1c([2H])c([2H])c(-c2cccc3cccc(-c4ccc(N(c5ccc(-c6c([2H])c([2H])c([2H])c7c([2H])c([2H])c([2H])c([2H])c67)c6ccccc56)c5cccc6c5sc5ccccc56)cc4)c23)c([2H])c1[2H]. The highest BCUT2D eigenvalue weighted by molar-refractivity contribution is 7.26. The van der Waals surface area contributed by atoms with Crippen LogP contribution >= 0.6 is 11.3 Å². The van der Waals surface area contributed by atoms with Gasteiger partial charge in [-0.05, 0) is 90.6 Å². The summed E-state index contributed by atoms with van der Waals surface area (Å²) >= 11 is 1.68. The van der Waals surface area contributed by atoms with Gasteiger partial charge >= 0.3 is 0 Å². The minimum Gasteiger partial charge on any atom is -0.308 e. The number of hydrogen-bond acceptors (Lipinski definition) is 2. The number of hydrogen-bond donors (Lipinski definition) is 0. The van der Waals surface area contributed by atoms with E-state index >= 15 is 0 Å². The predicted molar refractivity (Wildman–Crippen MR) is 243 cm³/mol. The fourth-order valence-electron chi connectivity index (χ4n) is 7.99. The molecule has 0 fully saturated rings. The molecule has 1 aromatic heterocycles. The molecule has 0 saturated heterocycles. The molecule has 11 rings (SSSR count). The second-order valence-corrected chi connectivity index (χ2v) is 14.6. The van der Waals surface area contributed by atoms with Crippen molar-refractivity contribution in [1.29, 1.82) is 0 Å². The number of benzene rings is 10. The second kappa shape index (κ2) is 13.4. The Morgan fingerprint density at radius 3 is 1.89 bits per heavy atom. The quantitative estimate of drug-likeness (QED) is 0.164. The summed E-state index contributed by atoms with van der Waals surface area (Å²) in [6, 6.07) is 40.7. The lowest BCUT2D eigenvalue weighted by Crippen LogP contribution is -2.11. The topological polar surface area (TPSA) is 3.24 Å². The van der Waals surface area contributed by atoms with E-state index in [1.807, 2.05) is 109 Å². The van der Waals surface area contributed by atoms with Crippen molar-refractivity contribution in [3.8, 4) is 33.4 Å². The molecule has 10 aromatic carbocycles. The lowest BCUT2D eigenvalue weighted by atomic mass is 9.91. The van der Waals surface area contributed by atoms with Crippen LogP contribution in [0.4, 0.5) is 17.1 Å². The molecule has 56 heavy (non-hydrogen) atoms. The van der Waals surface area contributed by atoms with Gasteiger partial charge < -0.3 is 4.90 Å². The predicted octanol–water partition coefficient (Wildman–Crippen LogP) is 16.0. The van der Waals surface area contributed by atoms with Crippen LogP contribution in [0.1, 0.15) is 16.4 Å². The number of thiophene rings is 1. The smallest absolute Gasteiger partial charge is 0.0640 e. The molecule has 0 N–H and O–H groups in total. The Morgan fingerprint density at radius 2 is 1.05 bits per heavy atom. The zero-order valence-electron chi connectivity index (χ0n) is 41.6. The highest BCUT2D eigenvalue weighted by Gasteiger charge is 2.22. The molecule has 0 atom stereocenters. The fraction of sp³-hybridized carbons (Fsp3) is 0. The minimum atomic E-state index is -0.508. The van der Waals surface area contributed by atoms with Gasteiger partial charge in [-0.1, -0.05) is 182 Å². The van der Waals surface area contributed by atoms with Crippen molar-refractivity contribution >= 4 is 80.9 Å². The molecule has 262 valence electrons. The van der Waals surface area contributed by atoms with E-state index in [-0.39, 0.29) is 46.1 Å².